The number of hydrogen-bond donors (Lipinski definition) is 1. The van der Waals surface area contributed by atoms with E-state index < -0.39 is 0 Å². The van der Waals surface area contributed by atoms with Crippen molar-refractivity contribution in [2.45, 2.75) is 45.6 Å². The van der Waals surface area contributed by atoms with Crippen LogP contribution >= 0.6 is 12.4 Å². The fraction of sp³-hybridized carbons (Fsp3) is 1.00. The van der Waals surface area contributed by atoms with Crippen LogP contribution < -0.4 is 5.32 Å². The van der Waals surface area contributed by atoms with Gasteiger partial charge in [0.15, 0.2) is 0 Å². The summed E-state index contributed by atoms with van der Waals surface area (Å²) in [6.45, 7) is 7.29. The van der Waals surface area contributed by atoms with Crippen LogP contribution in [-0.4, -0.2) is 12.6 Å². The molecule has 1 nitrogen and oxygen atoms in total. The van der Waals surface area contributed by atoms with Crippen molar-refractivity contribution in [2.75, 3.05) is 7.05 Å². The number of halogens is 1. The van der Waals surface area contributed by atoms with Gasteiger partial charge >= 0.3 is 0 Å². The lowest BCUT2D eigenvalue weighted by Crippen LogP contribution is -2.55. The highest BCUT2D eigenvalue weighted by Gasteiger charge is 2.59. The summed E-state index contributed by atoms with van der Waals surface area (Å²) >= 11 is 0. The molecule has 2 aliphatic carbocycles. The summed E-state index contributed by atoms with van der Waals surface area (Å²) in [6, 6.07) is 0. The summed E-state index contributed by atoms with van der Waals surface area (Å²) in [6.07, 6.45) is 4.38. The van der Waals surface area contributed by atoms with Gasteiger partial charge in [0.25, 0.3) is 0 Å². The van der Waals surface area contributed by atoms with Crippen LogP contribution in [0, 0.1) is 17.3 Å². The van der Waals surface area contributed by atoms with Gasteiger partial charge in [0, 0.05) is 5.54 Å². The molecule has 0 unspecified atom stereocenters. The Morgan fingerprint density at radius 3 is 1.92 bits per heavy atom. The standard InChI is InChI=1S/C11H21N.ClH/c1-10(2)8-5-6-9(7-8)11(10,3)12-4;/h8-9,12H,5-7H2,1-4H3;1H/t8-,9+,11+;/m1./s1. The fourth-order valence-corrected chi connectivity index (χ4v) is 3.64. The fourth-order valence-electron chi connectivity index (χ4n) is 3.64. The largest absolute Gasteiger partial charge is 0.314 e. The lowest BCUT2D eigenvalue weighted by Gasteiger charge is -2.47. The third-order valence-electron chi connectivity index (χ3n) is 5.13. The molecule has 0 aromatic carbocycles. The number of hydrogen-bond acceptors (Lipinski definition) is 1. The molecule has 0 heterocycles. The van der Waals surface area contributed by atoms with Crippen LogP contribution in [0.15, 0.2) is 0 Å². The second-order valence-corrected chi connectivity index (χ2v) is 5.38. The minimum absolute atomic E-state index is 0. The number of nitrogens with one attached hydrogen (secondary N) is 1. The van der Waals surface area contributed by atoms with E-state index in [1.54, 1.807) is 0 Å². The maximum absolute atomic E-state index is 3.56. The predicted octanol–water partition coefficient (Wildman–Crippen LogP) is 2.84. The summed E-state index contributed by atoms with van der Waals surface area (Å²) in [5.74, 6) is 1.91. The van der Waals surface area contributed by atoms with Gasteiger partial charge in [0.1, 0.15) is 0 Å². The maximum Gasteiger partial charge on any atom is 0.0232 e. The van der Waals surface area contributed by atoms with E-state index in [1.165, 1.54) is 19.3 Å². The first-order chi connectivity index (χ1) is 5.52. The summed E-state index contributed by atoms with van der Waals surface area (Å²) < 4.78 is 0. The molecular formula is C11H22ClN. The Labute approximate surface area is 88.1 Å². The zero-order valence-corrected chi connectivity index (χ0v) is 10.0. The van der Waals surface area contributed by atoms with Crippen LogP contribution in [0.4, 0.5) is 0 Å². The first-order valence-corrected chi connectivity index (χ1v) is 5.21. The van der Waals surface area contributed by atoms with E-state index in [9.17, 15) is 0 Å². The molecule has 2 heteroatoms. The second kappa shape index (κ2) is 3.13. The van der Waals surface area contributed by atoms with Crippen molar-refractivity contribution in [1.29, 1.82) is 0 Å². The number of rotatable bonds is 1. The predicted molar refractivity (Wildman–Crippen MR) is 59.3 cm³/mol. The van der Waals surface area contributed by atoms with Crippen LogP contribution in [0.2, 0.25) is 0 Å². The van der Waals surface area contributed by atoms with Crippen LogP contribution in [-0.2, 0) is 0 Å². The molecule has 0 spiro atoms. The van der Waals surface area contributed by atoms with Gasteiger partial charge < -0.3 is 5.32 Å². The minimum Gasteiger partial charge on any atom is -0.314 e. The van der Waals surface area contributed by atoms with E-state index in [2.05, 4.69) is 33.1 Å². The van der Waals surface area contributed by atoms with Crippen molar-refractivity contribution in [3.63, 3.8) is 0 Å². The highest BCUT2D eigenvalue weighted by molar-refractivity contribution is 5.85. The third-order valence-corrected chi connectivity index (χ3v) is 5.13. The molecule has 3 atom stereocenters. The summed E-state index contributed by atoms with van der Waals surface area (Å²) in [5, 5.41) is 3.56. The van der Waals surface area contributed by atoms with E-state index in [-0.39, 0.29) is 12.4 Å². The molecule has 0 aromatic heterocycles. The zero-order valence-electron chi connectivity index (χ0n) is 9.18. The summed E-state index contributed by atoms with van der Waals surface area (Å²) in [5.41, 5.74) is 0.903. The van der Waals surface area contributed by atoms with Crippen molar-refractivity contribution in [1.82, 2.24) is 5.32 Å². The molecule has 0 radical (unpaired) electrons. The van der Waals surface area contributed by atoms with E-state index >= 15 is 0 Å². The Hall–Kier alpha value is 0.250. The Kier molecular flexibility index (Phi) is 2.73. The Bertz CT molecular complexity index is 202. The lowest BCUT2D eigenvalue weighted by atomic mass is 9.64. The van der Waals surface area contributed by atoms with Gasteiger partial charge in [-0.2, -0.15) is 0 Å². The molecule has 1 N–H and O–H groups in total. The highest BCUT2D eigenvalue weighted by atomic mass is 35.5. The zero-order chi connectivity index (χ0) is 8.98. The van der Waals surface area contributed by atoms with Crippen LogP contribution in [0.3, 0.4) is 0 Å². The topological polar surface area (TPSA) is 12.0 Å². The molecule has 2 rings (SSSR count). The van der Waals surface area contributed by atoms with Gasteiger partial charge in [-0.3, -0.25) is 0 Å². The number of fused-ring (bicyclic) bond motifs is 2. The first-order valence-electron chi connectivity index (χ1n) is 5.21. The average Bonchev–Trinajstić information content (AvgIpc) is 2.55. The van der Waals surface area contributed by atoms with Crippen molar-refractivity contribution in [3.8, 4) is 0 Å². The van der Waals surface area contributed by atoms with Crippen LogP contribution in [0.5, 0.6) is 0 Å². The second-order valence-electron chi connectivity index (χ2n) is 5.38. The smallest absolute Gasteiger partial charge is 0.0232 e. The van der Waals surface area contributed by atoms with Crippen molar-refractivity contribution in [3.05, 3.63) is 0 Å². The lowest BCUT2D eigenvalue weighted by molar-refractivity contribution is 0.0732. The Morgan fingerprint density at radius 2 is 1.62 bits per heavy atom. The normalized spacial score (nSPS) is 46.2. The van der Waals surface area contributed by atoms with Crippen molar-refractivity contribution < 1.29 is 0 Å². The average molecular weight is 204 g/mol. The van der Waals surface area contributed by atoms with Gasteiger partial charge in [-0.25, -0.2) is 0 Å². The van der Waals surface area contributed by atoms with E-state index in [0.717, 1.165) is 11.8 Å². The van der Waals surface area contributed by atoms with Crippen LogP contribution in [0.1, 0.15) is 40.0 Å². The van der Waals surface area contributed by atoms with Gasteiger partial charge in [-0.15, -0.1) is 12.4 Å². The maximum atomic E-state index is 3.56. The third kappa shape index (κ3) is 1.16. The van der Waals surface area contributed by atoms with Gasteiger partial charge in [-0.05, 0) is 50.5 Å². The Balaban J connectivity index is 0.000000845. The first kappa shape index (κ1) is 11.3. The van der Waals surface area contributed by atoms with Gasteiger partial charge in [0.05, 0.1) is 0 Å². The van der Waals surface area contributed by atoms with Gasteiger partial charge in [0.2, 0.25) is 0 Å². The molecular weight excluding hydrogens is 182 g/mol. The van der Waals surface area contributed by atoms with Crippen molar-refractivity contribution >= 4 is 12.4 Å². The van der Waals surface area contributed by atoms with Gasteiger partial charge in [-0.1, -0.05) is 13.8 Å². The van der Waals surface area contributed by atoms with E-state index in [4.69, 9.17) is 0 Å². The Morgan fingerprint density at radius 1 is 1.08 bits per heavy atom. The molecule has 0 saturated heterocycles. The molecule has 0 amide bonds. The molecule has 2 bridgehead atoms. The molecule has 78 valence electrons. The monoisotopic (exact) mass is 203 g/mol. The SMILES string of the molecule is CN[C@@]1(C)[C@H]2CC[C@H](C2)C1(C)C.Cl. The molecule has 0 aliphatic heterocycles. The molecule has 0 aromatic rings. The molecule has 2 aliphatic rings. The summed E-state index contributed by atoms with van der Waals surface area (Å²) in [7, 11) is 2.13. The molecule has 2 fully saturated rings. The molecule has 2 saturated carbocycles. The summed E-state index contributed by atoms with van der Waals surface area (Å²) in [4.78, 5) is 0. The van der Waals surface area contributed by atoms with E-state index in [1.807, 2.05) is 0 Å². The quantitative estimate of drug-likeness (QED) is 0.691. The minimum atomic E-state index is 0. The molecule has 13 heavy (non-hydrogen) atoms. The van der Waals surface area contributed by atoms with E-state index in [0.29, 0.717) is 11.0 Å². The highest BCUT2D eigenvalue weighted by Crippen LogP contribution is 2.60. The van der Waals surface area contributed by atoms with Crippen molar-refractivity contribution in [2.24, 2.45) is 17.3 Å². The van der Waals surface area contributed by atoms with Crippen LogP contribution in [0.25, 0.3) is 0 Å².